The van der Waals surface area contributed by atoms with Crippen molar-refractivity contribution in [1.82, 2.24) is 9.38 Å². The minimum Gasteiger partial charge on any atom is -0.298 e. The van der Waals surface area contributed by atoms with Crippen LogP contribution in [0.15, 0.2) is 97.2 Å². The van der Waals surface area contributed by atoms with E-state index in [2.05, 4.69) is 95.5 Å². The third-order valence-corrected chi connectivity index (χ3v) is 7.15. The molecule has 0 aliphatic heterocycles. The summed E-state index contributed by atoms with van der Waals surface area (Å²) in [4.78, 5) is 4.93. The quantitative estimate of drug-likeness (QED) is 0.276. The molecule has 30 heavy (non-hydrogen) atoms. The molecular weight excluding hydrogens is 384 g/mol. The number of benzene rings is 4. The molecule has 140 valence electrons. The Kier molecular flexibility index (Phi) is 3.18. The summed E-state index contributed by atoms with van der Waals surface area (Å²) in [6.45, 7) is 0. The lowest BCUT2D eigenvalue weighted by Gasteiger charge is -2.10. The maximum Gasteiger partial charge on any atom is 0.145 e. The van der Waals surface area contributed by atoms with E-state index < -0.39 is 0 Å². The number of rotatable bonds is 1. The van der Waals surface area contributed by atoms with Gasteiger partial charge in [-0.1, -0.05) is 60.7 Å². The Morgan fingerprint density at radius 1 is 0.633 bits per heavy atom. The predicted molar refractivity (Wildman–Crippen MR) is 129 cm³/mol. The van der Waals surface area contributed by atoms with E-state index in [0.717, 1.165) is 16.7 Å². The summed E-state index contributed by atoms with van der Waals surface area (Å²) in [5.41, 5.74) is 5.65. The summed E-state index contributed by atoms with van der Waals surface area (Å²) < 4.78 is 4.91. The molecule has 0 atom stereocenters. The lowest BCUT2D eigenvalue weighted by Crippen LogP contribution is -1.91. The van der Waals surface area contributed by atoms with Crippen LogP contribution in [-0.2, 0) is 0 Å². The molecule has 0 unspecified atom stereocenters. The van der Waals surface area contributed by atoms with Crippen LogP contribution in [0.4, 0.5) is 0 Å². The summed E-state index contributed by atoms with van der Waals surface area (Å²) in [6.07, 6.45) is 2.25. The molecule has 0 spiro atoms. The maximum absolute atomic E-state index is 4.93. The van der Waals surface area contributed by atoms with Crippen LogP contribution in [0.5, 0.6) is 0 Å². The van der Waals surface area contributed by atoms with Gasteiger partial charge in [-0.05, 0) is 41.3 Å². The van der Waals surface area contributed by atoms with E-state index in [1.807, 2.05) is 17.4 Å². The largest absolute Gasteiger partial charge is 0.298 e. The fraction of sp³-hybridized carbons (Fsp3) is 0. The minimum absolute atomic E-state index is 1.01. The van der Waals surface area contributed by atoms with E-state index >= 15 is 0 Å². The van der Waals surface area contributed by atoms with Gasteiger partial charge in [0.1, 0.15) is 5.65 Å². The Morgan fingerprint density at radius 3 is 2.30 bits per heavy atom. The van der Waals surface area contributed by atoms with Gasteiger partial charge in [-0.2, -0.15) is 0 Å². The van der Waals surface area contributed by atoms with Crippen molar-refractivity contribution in [2.24, 2.45) is 0 Å². The van der Waals surface area contributed by atoms with Crippen LogP contribution in [-0.4, -0.2) is 9.38 Å². The first-order valence-corrected chi connectivity index (χ1v) is 10.9. The van der Waals surface area contributed by atoms with Gasteiger partial charge < -0.3 is 0 Å². The molecule has 0 aliphatic carbocycles. The highest BCUT2D eigenvalue weighted by Gasteiger charge is 2.14. The van der Waals surface area contributed by atoms with Gasteiger partial charge in [-0.25, -0.2) is 4.98 Å². The van der Waals surface area contributed by atoms with Gasteiger partial charge in [0.05, 0.1) is 11.0 Å². The molecule has 0 N–H and O–H groups in total. The minimum atomic E-state index is 1.01. The molecule has 3 heterocycles. The van der Waals surface area contributed by atoms with Crippen molar-refractivity contribution in [2.45, 2.75) is 0 Å². The molecule has 0 fully saturated rings. The molecule has 3 aromatic heterocycles. The molecule has 0 bridgehead atoms. The van der Waals surface area contributed by atoms with Crippen molar-refractivity contribution >= 4 is 59.0 Å². The summed E-state index contributed by atoms with van der Waals surface area (Å²) in [6, 6.07) is 32.5. The molecule has 4 aromatic carbocycles. The summed E-state index contributed by atoms with van der Waals surface area (Å²) in [5.74, 6) is 0. The molecule has 0 amide bonds. The molecule has 7 rings (SSSR count). The monoisotopic (exact) mass is 400 g/mol. The van der Waals surface area contributed by atoms with Crippen molar-refractivity contribution in [3.63, 3.8) is 0 Å². The van der Waals surface area contributed by atoms with E-state index in [1.165, 1.54) is 42.1 Å². The second-order valence-electron chi connectivity index (χ2n) is 7.69. The van der Waals surface area contributed by atoms with E-state index in [0.29, 0.717) is 0 Å². The lowest BCUT2D eigenvalue weighted by molar-refractivity contribution is 1.25. The van der Waals surface area contributed by atoms with Crippen LogP contribution in [0, 0.1) is 0 Å². The van der Waals surface area contributed by atoms with Crippen LogP contribution in [0.2, 0.25) is 0 Å². The molecule has 7 aromatic rings. The Bertz CT molecular complexity index is 1750. The van der Waals surface area contributed by atoms with Crippen LogP contribution in [0.1, 0.15) is 0 Å². The molecule has 0 saturated carbocycles. The smallest absolute Gasteiger partial charge is 0.145 e. The number of pyridine rings is 1. The summed E-state index contributed by atoms with van der Waals surface area (Å²) >= 11 is 1.86. The number of thiophene rings is 1. The first kappa shape index (κ1) is 16.1. The predicted octanol–water partition coefficient (Wildman–Crippen LogP) is 7.68. The van der Waals surface area contributed by atoms with E-state index in [-0.39, 0.29) is 0 Å². The molecule has 3 heteroatoms. The molecule has 2 nitrogen and oxygen atoms in total. The van der Waals surface area contributed by atoms with Crippen LogP contribution >= 0.6 is 11.3 Å². The van der Waals surface area contributed by atoms with Gasteiger partial charge in [-0.3, -0.25) is 4.40 Å². The maximum atomic E-state index is 4.93. The fourth-order valence-corrected chi connectivity index (χ4v) is 5.69. The SMILES string of the molecule is c1ccc2c(c1)nc1c3ccccc3c(-c3ccc4sc5ccccc5c4c3)cn21. The van der Waals surface area contributed by atoms with E-state index in [4.69, 9.17) is 4.98 Å². The van der Waals surface area contributed by atoms with Crippen molar-refractivity contribution in [2.75, 3.05) is 0 Å². The number of nitrogens with zero attached hydrogens (tertiary/aromatic N) is 2. The Balaban J connectivity index is 1.62. The first-order valence-electron chi connectivity index (χ1n) is 10.1. The second-order valence-corrected chi connectivity index (χ2v) is 8.78. The number of hydrogen-bond donors (Lipinski definition) is 0. The Morgan fingerprint density at radius 2 is 1.37 bits per heavy atom. The number of imidazole rings is 1. The van der Waals surface area contributed by atoms with E-state index in [9.17, 15) is 0 Å². The molecule has 0 saturated heterocycles. The van der Waals surface area contributed by atoms with Gasteiger partial charge >= 0.3 is 0 Å². The zero-order valence-electron chi connectivity index (χ0n) is 16.0. The van der Waals surface area contributed by atoms with Gasteiger partial charge in [0.2, 0.25) is 0 Å². The number of hydrogen-bond acceptors (Lipinski definition) is 2. The average molecular weight is 401 g/mol. The topological polar surface area (TPSA) is 17.3 Å². The van der Waals surface area contributed by atoms with Crippen molar-refractivity contribution < 1.29 is 0 Å². The van der Waals surface area contributed by atoms with Gasteiger partial charge in [-0.15, -0.1) is 11.3 Å². The number of aromatic nitrogens is 2. The van der Waals surface area contributed by atoms with Crippen LogP contribution < -0.4 is 0 Å². The third-order valence-electron chi connectivity index (χ3n) is 6.00. The van der Waals surface area contributed by atoms with Crippen LogP contribution in [0.25, 0.3) is 58.8 Å². The van der Waals surface area contributed by atoms with Crippen molar-refractivity contribution in [1.29, 1.82) is 0 Å². The lowest BCUT2D eigenvalue weighted by atomic mass is 9.99. The third kappa shape index (κ3) is 2.15. The van der Waals surface area contributed by atoms with Gasteiger partial charge in [0.15, 0.2) is 0 Å². The summed E-state index contributed by atoms with van der Waals surface area (Å²) in [7, 11) is 0. The van der Waals surface area contributed by atoms with Gasteiger partial charge in [0.25, 0.3) is 0 Å². The standard InChI is InChI=1S/C27H16N2S/c1-2-9-20-18(7-1)22(16-29-24-11-5-4-10-23(24)28-27(20)29)17-13-14-26-21(15-17)19-8-3-6-12-25(19)30-26/h1-16H. The van der Waals surface area contributed by atoms with E-state index in [1.54, 1.807) is 0 Å². The highest BCUT2D eigenvalue weighted by Crippen LogP contribution is 2.38. The summed E-state index contributed by atoms with van der Waals surface area (Å²) in [5, 5.41) is 5.08. The van der Waals surface area contributed by atoms with Crippen molar-refractivity contribution in [3.8, 4) is 11.1 Å². The fourth-order valence-electron chi connectivity index (χ4n) is 4.60. The highest BCUT2D eigenvalue weighted by molar-refractivity contribution is 7.25. The molecular formula is C27H16N2S. The molecule has 0 aliphatic rings. The van der Waals surface area contributed by atoms with Crippen LogP contribution in [0.3, 0.4) is 0 Å². The number of fused-ring (bicyclic) bond motifs is 8. The Hall–Kier alpha value is -3.69. The van der Waals surface area contributed by atoms with Crippen molar-refractivity contribution in [3.05, 3.63) is 97.2 Å². The average Bonchev–Trinajstić information content (AvgIpc) is 3.36. The number of para-hydroxylation sites is 2. The zero-order chi connectivity index (χ0) is 19.7. The Labute approximate surface area is 176 Å². The zero-order valence-corrected chi connectivity index (χ0v) is 16.9. The first-order chi connectivity index (χ1) is 14.9. The second kappa shape index (κ2) is 5.91. The highest BCUT2D eigenvalue weighted by atomic mass is 32.1. The molecule has 0 radical (unpaired) electrons. The van der Waals surface area contributed by atoms with Gasteiger partial charge in [0, 0.05) is 37.3 Å². The normalized spacial score (nSPS) is 12.0.